The van der Waals surface area contributed by atoms with Gasteiger partial charge in [0.05, 0.1) is 44.6 Å². The molecule has 0 fully saturated rings. The van der Waals surface area contributed by atoms with E-state index >= 15 is 8.78 Å². The fraction of sp³-hybridized carbons (Fsp3) is 0.438. The van der Waals surface area contributed by atoms with Crippen LogP contribution in [0, 0.1) is 36.7 Å². The van der Waals surface area contributed by atoms with Crippen molar-refractivity contribution in [3.05, 3.63) is 192 Å². The minimum atomic E-state index is -0.453. The minimum absolute atomic E-state index is 0.0217. The van der Waals surface area contributed by atoms with Crippen molar-refractivity contribution in [3.8, 4) is 56.6 Å². The minimum Gasteiger partial charge on any atom is -0.709 e. The van der Waals surface area contributed by atoms with Gasteiger partial charge >= 0.3 is 0 Å². The van der Waals surface area contributed by atoms with Crippen LogP contribution in [0.2, 0.25) is 0 Å². The fourth-order valence-electron chi connectivity index (χ4n) is 15.5. The first-order chi connectivity index (χ1) is 44.6. The van der Waals surface area contributed by atoms with E-state index in [0.29, 0.717) is 63.5 Å². The molecule has 0 saturated heterocycles. The number of aromatic hydroxyl groups is 2. The highest BCUT2D eigenvalue weighted by atomic mass is 19.1. The number of phenolic OH excluding ortho intramolecular Hbond substituents is 2. The van der Waals surface area contributed by atoms with Crippen LogP contribution in [-0.2, 0) is 47.6 Å². The second-order valence-electron chi connectivity index (χ2n) is 36.3. The standard InChI is InChI=1S/C89H112F2N2O4/c1-28-55-40-63(91)50-71(70-42-61(89(24,25)52-83(7,8)9)48-77(80(70)95)93-74-45-58(86(16,17)18)31-36-66(74)67-37-32-59(46-75(67)93)87(19,20)21)81(55)97(27)54(3)39-53(2)96(26)78-38-33-62(90)49-68(78)69-41-60(88(22,23)51-82(4,5)6)47-76(79(69)94)92-72-43-56(84(10,11)12)29-34-64(72)65-35-30-57(44-73(65)92)85(13,14)15/h29-38,40-50,53-54,94-95H,26-28,39,51-52H2,1-25H3. The van der Waals surface area contributed by atoms with Crippen molar-refractivity contribution in [2.75, 3.05) is 0 Å². The van der Waals surface area contributed by atoms with Gasteiger partial charge in [-0.15, -0.1) is 0 Å². The van der Waals surface area contributed by atoms with E-state index < -0.39 is 34.7 Å². The first-order valence-corrected chi connectivity index (χ1v) is 35.2. The Kier molecular flexibility index (Phi) is 18.6. The summed E-state index contributed by atoms with van der Waals surface area (Å²) in [5, 5.41) is 31.2. The van der Waals surface area contributed by atoms with Crippen LogP contribution in [0.25, 0.3) is 77.2 Å². The van der Waals surface area contributed by atoms with Gasteiger partial charge in [-0.3, -0.25) is 0 Å². The van der Waals surface area contributed by atoms with Gasteiger partial charge in [0, 0.05) is 58.1 Å². The third-order valence-electron chi connectivity index (χ3n) is 20.4. The molecule has 10 aromatic rings. The Labute approximate surface area is 580 Å². The summed E-state index contributed by atoms with van der Waals surface area (Å²) in [6.07, 6.45) is 1.77. The number of nitrogens with zero attached hydrogens (tertiary/aromatic N) is 2. The Balaban J connectivity index is 1.13. The number of hydrogen-bond acceptors (Lipinski definition) is 2. The molecule has 2 N–H and O–H groups in total. The molecule has 0 bridgehead atoms. The van der Waals surface area contributed by atoms with Gasteiger partial charge in [-0.05, 0) is 183 Å². The first kappa shape index (κ1) is 72.2. The van der Waals surface area contributed by atoms with E-state index in [0.717, 1.165) is 67.6 Å². The van der Waals surface area contributed by atoms with Crippen molar-refractivity contribution in [3.63, 3.8) is 0 Å². The molecule has 2 aromatic heterocycles. The van der Waals surface area contributed by atoms with E-state index in [4.69, 9.17) is 7.11 Å². The first-order valence-electron chi connectivity index (χ1n) is 35.2. The highest BCUT2D eigenvalue weighted by molar-refractivity contribution is 6.11. The van der Waals surface area contributed by atoms with Crippen LogP contribution >= 0.6 is 0 Å². The number of fused-ring (bicyclic) bond motifs is 6. The zero-order chi connectivity index (χ0) is 71.7. The fourth-order valence-corrected chi connectivity index (χ4v) is 15.5. The lowest BCUT2D eigenvalue weighted by Gasteiger charge is -2.41. The molecule has 0 radical (unpaired) electrons. The Morgan fingerprint density at radius 3 is 1.07 bits per heavy atom. The summed E-state index contributed by atoms with van der Waals surface area (Å²) in [7, 11) is 9.44. The smallest absolute Gasteiger partial charge is 0.238 e. The molecule has 2 unspecified atom stereocenters. The van der Waals surface area contributed by atoms with Crippen molar-refractivity contribution < 1.29 is 27.7 Å². The Morgan fingerprint density at radius 2 is 0.732 bits per heavy atom. The molecular weight excluding hydrogens is 1200 g/mol. The monoisotopic (exact) mass is 1310 g/mol. The highest BCUT2D eigenvalue weighted by Gasteiger charge is 2.37. The molecule has 8 aromatic carbocycles. The summed E-state index contributed by atoms with van der Waals surface area (Å²) in [5.41, 5.74) is 12.9. The van der Waals surface area contributed by atoms with Crippen molar-refractivity contribution in [2.24, 2.45) is 10.8 Å². The molecule has 0 saturated carbocycles. The molecule has 0 aliphatic rings. The van der Waals surface area contributed by atoms with E-state index in [2.05, 4.69) is 288 Å². The van der Waals surface area contributed by atoms with Crippen LogP contribution in [0.5, 0.6) is 23.0 Å². The van der Waals surface area contributed by atoms with E-state index in [-0.39, 0.29) is 44.0 Å². The highest BCUT2D eigenvalue weighted by Crippen LogP contribution is 2.54. The second-order valence-corrected chi connectivity index (χ2v) is 36.3. The van der Waals surface area contributed by atoms with Gasteiger partial charge in [0.2, 0.25) is 11.5 Å². The number of hydrogen-bond donors (Lipinski definition) is 2. The normalized spacial score (nSPS) is 14.0. The average molecular weight is 1310 g/mol. The molecule has 0 aliphatic carbocycles. The van der Waals surface area contributed by atoms with E-state index in [1.807, 2.05) is 6.92 Å². The number of aryl methyl sites for hydroxylation is 1. The molecule has 10 rings (SSSR count). The lowest BCUT2D eigenvalue weighted by Crippen LogP contribution is -2.26. The van der Waals surface area contributed by atoms with Crippen LogP contribution in [0.1, 0.15) is 231 Å². The molecule has 0 spiro atoms. The summed E-state index contributed by atoms with van der Waals surface area (Å²) >= 11 is 0. The van der Waals surface area contributed by atoms with Gasteiger partial charge in [-0.1, -0.05) is 208 Å². The zero-order valence-corrected chi connectivity index (χ0v) is 63.4. The molecule has 2 heterocycles. The molecule has 2 atom stereocenters. The van der Waals surface area contributed by atoms with Crippen molar-refractivity contribution in [1.82, 2.24) is 9.13 Å². The number of benzene rings is 8. The van der Waals surface area contributed by atoms with Gasteiger partial charge in [-0.2, -0.15) is 0 Å². The van der Waals surface area contributed by atoms with E-state index in [1.54, 1.807) is 18.2 Å². The molecule has 97 heavy (non-hydrogen) atoms. The summed E-state index contributed by atoms with van der Waals surface area (Å²) < 4.78 is 44.0. The van der Waals surface area contributed by atoms with Crippen molar-refractivity contribution >= 4 is 43.6 Å². The molecular formula is C89H112F2N2O4. The summed E-state index contributed by atoms with van der Waals surface area (Å²) in [4.78, 5) is 0. The number of phenols is 2. The third-order valence-corrected chi connectivity index (χ3v) is 20.4. The predicted molar refractivity (Wildman–Crippen MR) is 409 cm³/mol. The Bertz CT molecular complexity index is 4520. The third kappa shape index (κ3) is 14.2. The second kappa shape index (κ2) is 25.0. The summed E-state index contributed by atoms with van der Waals surface area (Å²) in [6.45, 7) is 55.5. The number of rotatable bonds is 15. The van der Waals surface area contributed by atoms with Crippen LogP contribution in [0.15, 0.2) is 127 Å². The lowest BCUT2D eigenvalue weighted by atomic mass is 9.71. The van der Waals surface area contributed by atoms with Gasteiger partial charge < -0.3 is 28.1 Å². The maximum atomic E-state index is 16.8. The van der Waals surface area contributed by atoms with E-state index in [1.165, 1.54) is 34.4 Å². The van der Waals surface area contributed by atoms with Gasteiger partial charge in [0.1, 0.15) is 29.6 Å². The van der Waals surface area contributed by atoms with Crippen LogP contribution in [0.4, 0.5) is 8.78 Å². The molecule has 0 aliphatic heterocycles. The zero-order valence-electron chi connectivity index (χ0n) is 63.4. The largest absolute Gasteiger partial charge is 0.709 e. The Hall–Kier alpha value is -7.58. The van der Waals surface area contributed by atoms with Gasteiger partial charge in [0.15, 0.2) is 12.2 Å². The lowest BCUT2D eigenvalue weighted by molar-refractivity contribution is -0.0942. The van der Waals surface area contributed by atoms with Gasteiger partial charge in [-0.25, -0.2) is 8.78 Å². The van der Waals surface area contributed by atoms with Crippen LogP contribution in [-0.4, -0.2) is 31.6 Å². The van der Waals surface area contributed by atoms with E-state index in [9.17, 15) is 10.2 Å². The van der Waals surface area contributed by atoms with Crippen LogP contribution in [0.3, 0.4) is 0 Å². The summed E-state index contributed by atoms with van der Waals surface area (Å²) in [5.74, 6) is 0.365. The molecule has 0 amide bonds. The predicted octanol–water partition coefficient (Wildman–Crippen LogP) is 26.1. The van der Waals surface area contributed by atoms with Crippen molar-refractivity contribution in [1.29, 1.82) is 0 Å². The molecule has 8 heteroatoms. The van der Waals surface area contributed by atoms with Crippen LogP contribution < -0.4 is 0 Å². The average Bonchev–Trinajstić information content (AvgIpc) is 1.52. The number of halogens is 2. The van der Waals surface area contributed by atoms with Crippen molar-refractivity contribution in [2.45, 2.75) is 243 Å². The SMILES string of the molecule is [CH2-][O+](c1ccc(F)cc1-c1cc(C(C)(C)CC(C)(C)C)cc(-n2c3cc(C(C)(C)C)ccc3c3ccc(C(C)(C)C)cc32)c1O)C(C)CC(C)[O+]([CH2-])c1c(CC)cc(F)cc1-c1cc(C(C)(C)CC(C)(C)C)cc(-n2c3cc(C(C)(C)C)ccc3c3ccc(C(C)(C)C)cc32)c1O. The maximum absolute atomic E-state index is 16.8. The quantitative estimate of drug-likeness (QED) is 0.0794. The van der Waals surface area contributed by atoms with Gasteiger partial charge in [0.25, 0.3) is 0 Å². The number of aromatic nitrogens is 2. The topological polar surface area (TPSA) is 55.7 Å². The maximum Gasteiger partial charge on any atom is 0.238 e. The summed E-state index contributed by atoms with van der Waals surface area (Å²) in [6, 6.07) is 43.2. The Morgan fingerprint density at radius 1 is 0.392 bits per heavy atom. The molecule has 6 nitrogen and oxygen atoms in total. The molecule has 516 valence electrons.